The van der Waals surface area contributed by atoms with Crippen LogP contribution in [0.5, 0.6) is 0 Å². The minimum Gasteiger partial charge on any atom is -0.350 e. The van der Waals surface area contributed by atoms with Crippen molar-refractivity contribution in [3.05, 3.63) is 49.1 Å². The van der Waals surface area contributed by atoms with Crippen LogP contribution in [0.1, 0.15) is 19.9 Å². The van der Waals surface area contributed by atoms with Crippen LogP contribution in [0.2, 0.25) is 0 Å². The fourth-order valence-corrected chi connectivity index (χ4v) is 2.32. The van der Waals surface area contributed by atoms with E-state index in [0.717, 1.165) is 5.56 Å². The highest BCUT2D eigenvalue weighted by Gasteiger charge is 2.20. The van der Waals surface area contributed by atoms with Gasteiger partial charge in [-0.1, -0.05) is 30.3 Å². The van der Waals surface area contributed by atoms with Crippen LogP contribution in [-0.2, 0) is 11.3 Å². The van der Waals surface area contributed by atoms with E-state index in [1.54, 1.807) is 19.4 Å². The van der Waals surface area contributed by atoms with Crippen molar-refractivity contribution >= 4 is 5.91 Å². The molecule has 0 bridgehead atoms. The van der Waals surface area contributed by atoms with E-state index in [0.29, 0.717) is 12.4 Å². The standard InChI is InChI=1S/C16H19N7O/c1-12(10-22-9-8-17-11-22)18-16(24)13(2)23-20-15(19-21-23)14-6-4-3-5-7-14/h3-9,11-13H,10H2,1-2H3,(H,18,24)/t12-,13+/m0/s1. The smallest absolute Gasteiger partial charge is 0.246 e. The molecule has 24 heavy (non-hydrogen) atoms. The molecule has 1 aromatic carbocycles. The molecular weight excluding hydrogens is 306 g/mol. The van der Waals surface area contributed by atoms with Crippen LogP contribution in [0.15, 0.2) is 49.1 Å². The lowest BCUT2D eigenvalue weighted by Gasteiger charge is -2.17. The molecule has 8 heteroatoms. The lowest BCUT2D eigenvalue weighted by atomic mass is 10.2. The summed E-state index contributed by atoms with van der Waals surface area (Å²) in [6.07, 6.45) is 5.29. The average molecular weight is 325 g/mol. The lowest BCUT2D eigenvalue weighted by molar-refractivity contribution is -0.125. The third kappa shape index (κ3) is 3.65. The van der Waals surface area contributed by atoms with Crippen LogP contribution >= 0.6 is 0 Å². The Morgan fingerprint density at radius 3 is 2.75 bits per heavy atom. The molecule has 1 N–H and O–H groups in total. The zero-order valence-electron chi connectivity index (χ0n) is 13.6. The van der Waals surface area contributed by atoms with Crippen LogP contribution in [0.3, 0.4) is 0 Å². The van der Waals surface area contributed by atoms with Crippen molar-refractivity contribution in [1.29, 1.82) is 0 Å². The highest BCUT2D eigenvalue weighted by atomic mass is 16.2. The first kappa shape index (κ1) is 15.9. The predicted octanol–water partition coefficient (Wildman–Crippen LogP) is 1.30. The fraction of sp³-hybridized carbons (Fsp3) is 0.312. The van der Waals surface area contributed by atoms with Gasteiger partial charge in [0.15, 0.2) is 0 Å². The van der Waals surface area contributed by atoms with E-state index < -0.39 is 6.04 Å². The van der Waals surface area contributed by atoms with E-state index in [9.17, 15) is 4.79 Å². The number of amides is 1. The maximum atomic E-state index is 12.4. The van der Waals surface area contributed by atoms with Crippen molar-refractivity contribution in [2.75, 3.05) is 0 Å². The molecule has 1 amide bonds. The van der Waals surface area contributed by atoms with E-state index in [2.05, 4.69) is 25.7 Å². The molecule has 0 radical (unpaired) electrons. The summed E-state index contributed by atoms with van der Waals surface area (Å²) in [4.78, 5) is 17.7. The summed E-state index contributed by atoms with van der Waals surface area (Å²) < 4.78 is 1.91. The first-order valence-electron chi connectivity index (χ1n) is 7.74. The molecule has 8 nitrogen and oxygen atoms in total. The van der Waals surface area contributed by atoms with Gasteiger partial charge in [0.05, 0.1) is 6.33 Å². The van der Waals surface area contributed by atoms with Crippen molar-refractivity contribution in [1.82, 2.24) is 35.1 Å². The normalized spacial score (nSPS) is 13.4. The molecule has 0 saturated heterocycles. The first-order valence-corrected chi connectivity index (χ1v) is 7.74. The largest absolute Gasteiger partial charge is 0.350 e. The highest BCUT2D eigenvalue weighted by Crippen LogP contribution is 2.13. The van der Waals surface area contributed by atoms with Crippen molar-refractivity contribution in [3.8, 4) is 11.4 Å². The fourth-order valence-electron chi connectivity index (χ4n) is 2.32. The minimum absolute atomic E-state index is 0.0359. The average Bonchev–Trinajstić information content (AvgIpc) is 3.26. The van der Waals surface area contributed by atoms with Crippen LogP contribution in [0, 0.1) is 0 Å². The predicted molar refractivity (Wildman–Crippen MR) is 87.8 cm³/mol. The Hall–Kier alpha value is -3.03. The van der Waals surface area contributed by atoms with Crippen LogP contribution < -0.4 is 5.32 Å². The summed E-state index contributed by atoms with van der Waals surface area (Å²) in [5.74, 6) is 0.348. The summed E-state index contributed by atoms with van der Waals surface area (Å²) >= 11 is 0. The third-order valence-electron chi connectivity index (χ3n) is 3.62. The van der Waals surface area contributed by atoms with Gasteiger partial charge in [-0.05, 0) is 19.1 Å². The molecule has 3 aromatic rings. The number of aromatic nitrogens is 6. The molecule has 2 aromatic heterocycles. The summed E-state index contributed by atoms with van der Waals surface area (Å²) in [6, 6.07) is 8.96. The molecular formula is C16H19N7O. The van der Waals surface area contributed by atoms with Crippen molar-refractivity contribution in [2.24, 2.45) is 0 Å². The highest BCUT2D eigenvalue weighted by molar-refractivity contribution is 5.79. The second-order valence-corrected chi connectivity index (χ2v) is 5.64. The van der Waals surface area contributed by atoms with Crippen molar-refractivity contribution < 1.29 is 4.79 Å². The molecule has 0 fully saturated rings. The number of nitrogens with zero attached hydrogens (tertiary/aromatic N) is 6. The Bertz CT molecular complexity index is 782. The Kier molecular flexibility index (Phi) is 4.64. The van der Waals surface area contributed by atoms with Gasteiger partial charge < -0.3 is 9.88 Å². The van der Waals surface area contributed by atoms with Gasteiger partial charge in [0.25, 0.3) is 0 Å². The van der Waals surface area contributed by atoms with Crippen LogP contribution in [0.4, 0.5) is 0 Å². The quantitative estimate of drug-likeness (QED) is 0.738. The van der Waals surface area contributed by atoms with Crippen LogP contribution in [0.25, 0.3) is 11.4 Å². The number of imidazole rings is 1. The SMILES string of the molecule is C[C@H](C(=O)N[C@@H](C)Cn1ccnc1)n1nnc(-c2ccccc2)n1. The van der Waals surface area contributed by atoms with Gasteiger partial charge >= 0.3 is 0 Å². The monoisotopic (exact) mass is 325 g/mol. The number of tetrazole rings is 1. The second-order valence-electron chi connectivity index (χ2n) is 5.64. The summed E-state index contributed by atoms with van der Waals surface area (Å²) in [5, 5.41) is 15.3. The van der Waals surface area contributed by atoms with Crippen LogP contribution in [-0.4, -0.2) is 41.7 Å². The Balaban J connectivity index is 1.62. The van der Waals surface area contributed by atoms with E-state index in [4.69, 9.17) is 0 Å². The number of hydrogen-bond acceptors (Lipinski definition) is 5. The van der Waals surface area contributed by atoms with Gasteiger partial charge in [0.1, 0.15) is 6.04 Å². The van der Waals surface area contributed by atoms with Gasteiger partial charge in [-0.25, -0.2) is 4.98 Å². The second kappa shape index (κ2) is 7.03. The number of hydrogen-bond donors (Lipinski definition) is 1. The van der Waals surface area contributed by atoms with Crippen molar-refractivity contribution in [3.63, 3.8) is 0 Å². The topological polar surface area (TPSA) is 90.5 Å². The third-order valence-corrected chi connectivity index (χ3v) is 3.62. The summed E-state index contributed by atoms with van der Waals surface area (Å²) in [6.45, 7) is 4.34. The molecule has 2 heterocycles. The molecule has 124 valence electrons. The maximum absolute atomic E-state index is 12.4. The Morgan fingerprint density at radius 2 is 2.04 bits per heavy atom. The number of nitrogens with one attached hydrogen (secondary N) is 1. The molecule has 3 rings (SSSR count). The summed E-state index contributed by atoms with van der Waals surface area (Å²) in [7, 11) is 0. The number of carbonyl (C=O) groups is 1. The van der Waals surface area contributed by atoms with Crippen molar-refractivity contribution in [2.45, 2.75) is 32.5 Å². The van der Waals surface area contributed by atoms with E-state index in [-0.39, 0.29) is 11.9 Å². The number of rotatable bonds is 6. The lowest BCUT2D eigenvalue weighted by Crippen LogP contribution is -2.39. The zero-order valence-corrected chi connectivity index (χ0v) is 13.6. The Labute approximate surface area is 139 Å². The molecule has 0 aliphatic heterocycles. The van der Waals surface area contributed by atoms with Gasteiger partial charge in [0.2, 0.25) is 11.7 Å². The number of carbonyl (C=O) groups excluding carboxylic acids is 1. The first-order chi connectivity index (χ1) is 11.6. The van der Waals surface area contributed by atoms with E-state index in [1.807, 2.05) is 48.0 Å². The minimum atomic E-state index is -0.541. The molecule has 0 spiro atoms. The van der Waals surface area contributed by atoms with E-state index in [1.165, 1.54) is 4.80 Å². The molecule has 2 atom stereocenters. The molecule has 0 saturated carbocycles. The molecule has 0 aliphatic rings. The van der Waals surface area contributed by atoms with Gasteiger partial charge in [0, 0.05) is 30.5 Å². The maximum Gasteiger partial charge on any atom is 0.246 e. The summed E-state index contributed by atoms with van der Waals surface area (Å²) in [5.41, 5.74) is 0.866. The number of benzene rings is 1. The molecule has 0 aliphatic carbocycles. The van der Waals surface area contributed by atoms with Gasteiger partial charge in [-0.2, -0.15) is 4.80 Å². The zero-order chi connectivity index (χ0) is 16.9. The Morgan fingerprint density at radius 1 is 1.25 bits per heavy atom. The van der Waals surface area contributed by atoms with Gasteiger partial charge in [-0.15, -0.1) is 10.2 Å². The van der Waals surface area contributed by atoms with Gasteiger partial charge in [-0.3, -0.25) is 4.79 Å². The molecule has 0 unspecified atom stereocenters. The van der Waals surface area contributed by atoms with E-state index >= 15 is 0 Å².